The quantitative estimate of drug-likeness (QED) is 0.823. The van der Waals surface area contributed by atoms with Gasteiger partial charge in [0.05, 0.1) is 0 Å². The summed E-state index contributed by atoms with van der Waals surface area (Å²) in [4.78, 5) is 11.8. The van der Waals surface area contributed by atoms with Crippen LogP contribution in [0.5, 0.6) is 0 Å². The number of carbonyl (C=O) groups is 1. The zero-order valence-corrected chi connectivity index (χ0v) is 11.7. The van der Waals surface area contributed by atoms with Gasteiger partial charge in [-0.3, -0.25) is 4.79 Å². The van der Waals surface area contributed by atoms with Crippen molar-refractivity contribution >= 4 is 5.91 Å². The minimum atomic E-state index is 0.168. The number of hydrogen-bond acceptors (Lipinski definition) is 2. The Bertz CT molecular complexity index is 411. The molecule has 0 radical (unpaired) electrons. The van der Waals surface area contributed by atoms with Crippen LogP contribution in [0.3, 0.4) is 0 Å². The van der Waals surface area contributed by atoms with Gasteiger partial charge in [0.2, 0.25) is 5.91 Å². The van der Waals surface area contributed by atoms with Crippen LogP contribution in [-0.4, -0.2) is 25.0 Å². The lowest BCUT2D eigenvalue weighted by Gasteiger charge is -2.11. The number of rotatable bonds is 6. The monoisotopic (exact) mass is 260 g/mol. The molecule has 19 heavy (non-hydrogen) atoms. The Morgan fingerprint density at radius 1 is 1.42 bits per heavy atom. The van der Waals surface area contributed by atoms with Crippen LogP contribution in [0, 0.1) is 6.92 Å². The Kier molecular flexibility index (Phi) is 5.40. The summed E-state index contributed by atoms with van der Waals surface area (Å²) in [6.07, 6.45) is 4.99. The molecule has 1 aliphatic rings. The third kappa shape index (κ3) is 4.67. The van der Waals surface area contributed by atoms with Crippen molar-refractivity contribution in [2.45, 2.75) is 45.1 Å². The minimum Gasteiger partial charge on any atom is -0.356 e. The van der Waals surface area contributed by atoms with E-state index >= 15 is 0 Å². The van der Waals surface area contributed by atoms with Crippen LogP contribution in [0.1, 0.15) is 36.8 Å². The van der Waals surface area contributed by atoms with Crippen molar-refractivity contribution < 1.29 is 4.79 Å². The number of hydrogen-bond donors (Lipinski definition) is 2. The average Bonchev–Trinajstić information content (AvgIpc) is 2.91. The first-order chi connectivity index (χ1) is 9.25. The van der Waals surface area contributed by atoms with E-state index in [9.17, 15) is 4.79 Å². The highest BCUT2D eigenvalue weighted by Gasteiger charge is 2.13. The first kappa shape index (κ1) is 14.1. The van der Waals surface area contributed by atoms with E-state index in [1.165, 1.54) is 24.0 Å². The van der Waals surface area contributed by atoms with E-state index < -0.39 is 0 Å². The van der Waals surface area contributed by atoms with Gasteiger partial charge in [0.15, 0.2) is 0 Å². The Morgan fingerprint density at radius 2 is 2.26 bits per heavy atom. The van der Waals surface area contributed by atoms with Gasteiger partial charge in [0.1, 0.15) is 0 Å². The molecule has 3 heteroatoms. The third-order valence-electron chi connectivity index (χ3n) is 3.86. The minimum absolute atomic E-state index is 0.168. The van der Waals surface area contributed by atoms with Gasteiger partial charge in [0, 0.05) is 19.0 Å². The van der Waals surface area contributed by atoms with Gasteiger partial charge in [-0.25, -0.2) is 0 Å². The van der Waals surface area contributed by atoms with Crippen molar-refractivity contribution in [3.05, 3.63) is 35.4 Å². The van der Waals surface area contributed by atoms with Gasteiger partial charge in [-0.05, 0) is 50.3 Å². The summed E-state index contributed by atoms with van der Waals surface area (Å²) >= 11 is 0. The normalized spacial score (nSPS) is 18.5. The summed E-state index contributed by atoms with van der Waals surface area (Å²) < 4.78 is 0. The van der Waals surface area contributed by atoms with Crippen LogP contribution in [0.4, 0.5) is 0 Å². The molecule has 0 spiro atoms. The predicted molar refractivity (Wildman–Crippen MR) is 78.2 cm³/mol. The SMILES string of the molecule is Cc1ccccc1CCC(=O)NCC[C@@H]1CCCN1. The van der Waals surface area contributed by atoms with E-state index in [2.05, 4.69) is 29.7 Å². The van der Waals surface area contributed by atoms with Crippen molar-refractivity contribution in [3.8, 4) is 0 Å². The lowest BCUT2D eigenvalue weighted by atomic mass is 10.0. The van der Waals surface area contributed by atoms with E-state index in [1.54, 1.807) is 0 Å². The molecule has 1 saturated heterocycles. The molecule has 2 N–H and O–H groups in total. The van der Waals surface area contributed by atoms with Crippen molar-refractivity contribution in [3.63, 3.8) is 0 Å². The van der Waals surface area contributed by atoms with Crippen LogP contribution in [0.25, 0.3) is 0 Å². The van der Waals surface area contributed by atoms with Crippen LogP contribution < -0.4 is 10.6 Å². The summed E-state index contributed by atoms with van der Waals surface area (Å²) in [5, 5.41) is 6.46. The Balaban J connectivity index is 1.63. The Hall–Kier alpha value is -1.35. The second-order valence-electron chi connectivity index (χ2n) is 5.36. The Labute approximate surface area is 115 Å². The van der Waals surface area contributed by atoms with E-state index in [4.69, 9.17) is 0 Å². The zero-order chi connectivity index (χ0) is 13.5. The van der Waals surface area contributed by atoms with Gasteiger partial charge in [-0.2, -0.15) is 0 Å². The topological polar surface area (TPSA) is 41.1 Å². The molecule has 2 rings (SSSR count). The second kappa shape index (κ2) is 7.29. The first-order valence-corrected chi connectivity index (χ1v) is 7.30. The van der Waals surface area contributed by atoms with Gasteiger partial charge in [-0.15, -0.1) is 0 Å². The molecule has 3 nitrogen and oxygen atoms in total. The predicted octanol–water partition coefficient (Wildman–Crippen LogP) is 2.19. The fourth-order valence-corrected chi connectivity index (χ4v) is 2.62. The molecule has 0 aliphatic carbocycles. The first-order valence-electron chi connectivity index (χ1n) is 7.30. The van der Waals surface area contributed by atoms with E-state index in [0.717, 1.165) is 25.9 Å². The highest BCUT2D eigenvalue weighted by atomic mass is 16.1. The molecule has 0 aromatic heterocycles. The fraction of sp³-hybridized carbons (Fsp3) is 0.562. The third-order valence-corrected chi connectivity index (χ3v) is 3.86. The van der Waals surface area contributed by atoms with Crippen LogP contribution in [0.15, 0.2) is 24.3 Å². The van der Waals surface area contributed by atoms with Crippen LogP contribution in [0.2, 0.25) is 0 Å². The molecule has 1 aromatic carbocycles. The molecule has 1 aromatic rings. The lowest BCUT2D eigenvalue weighted by Crippen LogP contribution is -2.30. The molecule has 0 saturated carbocycles. The summed E-state index contributed by atoms with van der Waals surface area (Å²) in [6.45, 7) is 4.02. The molecule has 1 amide bonds. The molecule has 1 atom stereocenters. The highest BCUT2D eigenvalue weighted by molar-refractivity contribution is 5.76. The van der Waals surface area contributed by atoms with Gasteiger partial charge in [-0.1, -0.05) is 24.3 Å². The van der Waals surface area contributed by atoms with E-state index in [1.807, 2.05) is 12.1 Å². The van der Waals surface area contributed by atoms with E-state index in [0.29, 0.717) is 12.5 Å². The maximum absolute atomic E-state index is 11.8. The second-order valence-corrected chi connectivity index (χ2v) is 5.36. The van der Waals surface area contributed by atoms with Crippen molar-refractivity contribution in [2.24, 2.45) is 0 Å². The largest absolute Gasteiger partial charge is 0.356 e. The molecular formula is C16H24N2O. The average molecular weight is 260 g/mol. The summed E-state index contributed by atoms with van der Waals surface area (Å²) in [7, 11) is 0. The number of nitrogens with one attached hydrogen (secondary N) is 2. The molecule has 1 aliphatic heterocycles. The fourth-order valence-electron chi connectivity index (χ4n) is 2.62. The smallest absolute Gasteiger partial charge is 0.220 e. The lowest BCUT2D eigenvalue weighted by molar-refractivity contribution is -0.121. The highest BCUT2D eigenvalue weighted by Crippen LogP contribution is 2.10. The van der Waals surface area contributed by atoms with Gasteiger partial charge in [0.25, 0.3) is 0 Å². The molecule has 104 valence electrons. The van der Waals surface area contributed by atoms with Crippen molar-refractivity contribution in [2.75, 3.05) is 13.1 Å². The molecule has 0 bridgehead atoms. The summed E-state index contributed by atoms with van der Waals surface area (Å²) in [5.41, 5.74) is 2.54. The summed E-state index contributed by atoms with van der Waals surface area (Å²) in [5.74, 6) is 0.168. The number of benzene rings is 1. The maximum Gasteiger partial charge on any atom is 0.220 e. The molecular weight excluding hydrogens is 236 g/mol. The van der Waals surface area contributed by atoms with Crippen molar-refractivity contribution in [1.29, 1.82) is 0 Å². The van der Waals surface area contributed by atoms with Gasteiger partial charge >= 0.3 is 0 Å². The Morgan fingerprint density at radius 3 is 3.00 bits per heavy atom. The molecule has 1 fully saturated rings. The zero-order valence-electron chi connectivity index (χ0n) is 11.7. The number of carbonyl (C=O) groups excluding carboxylic acids is 1. The summed E-state index contributed by atoms with van der Waals surface area (Å²) in [6, 6.07) is 8.88. The molecule has 0 unspecified atom stereocenters. The number of aryl methyl sites for hydroxylation is 2. The van der Waals surface area contributed by atoms with E-state index in [-0.39, 0.29) is 5.91 Å². The van der Waals surface area contributed by atoms with Crippen LogP contribution >= 0.6 is 0 Å². The number of amides is 1. The van der Waals surface area contributed by atoms with Gasteiger partial charge < -0.3 is 10.6 Å². The molecule has 1 heterocycles. The van der Waals surface area contributed by atoms with Crippen LogP contribution in [-0.2, 0) is 11.2 Å². The maximum atomic E-state index is 11.8. The van der Waals surface area contributed by atoms with Crippen molar-refractivity contribution in [1.82, 2.24) is 10.6 Å². The standard InChI is InChI=1S/C16H24N2O/c1-13-5-2-3-6-14(13)8-9-16(19)18-12-10-15-7-4-11-17-15/h2-3,5-6,15,17H,4,7-12H2,1H3,(H,18,19)/t15-/m0/s1.